The fourth-order valence-corrected chi connectivity index (χ4v) is 4.51. The topological polar surface area (TPSA) is 95.1 Å². The first-order chi connectivity index (χ1) is 12.4. The molecule has 0 radical (unpaired) electrons. The molecule has 0 aliphatic heterocycles. The van der Waals surface area contributed by atoms with Crippen molar-refractivity contribution in [1.82, 2.24) is 10.4 Å². The van der Waals surface area contributed by atoms with E-state index in [4.69, 9.17) is 18.1 Å². The van der Waals surface area contributed by atoms with Crippen molar-refractivity contribution in [3.05, 3.63) is 0 Å². The normalized spacial score (nSPS) is 12.6. The van der Waals surface area contributed by atoms with Crippen molar-refractivity contribution < 1.29 is 27.2 Å². The van der Waals surface area contributed by atoms with Crippen molar-refractivity contribution in [3.8, 4) is 0 Å². The van der Waals surface area contributed by atoms with E-state index in [9.17, 15) is 9.13 Å². The predicted molar refractivity (Wildman–Crippen MR) is 105 cm³/mol. The van der Waals surface area contributed by atoms with Gasteiger partial charge in [-0.25, -0.2) is 9.13 Å². The van der Waals surface area contributed by atoms with Gasteiger partial charge in [0.1, 0.15) is 0 Å². The van der Waals surface area contributed by atoms with Crippen molar-refractivity contribution in [1.29, 1.82) is 0 Å². The van der Waals surface area contributed by atoms with Gasteiger partial charge in [-0.3, -0.25) is 18.1 Å². The maximum absolute atomic E-state index is 12.8. The van der Waals surface area contributed by atoms with Crippen LogP contribution >= 0.6 is 15.5 Å². The second-order valence-corrected chi connectivity index (χ2v) is 9.44. The standard InChI is InChI=1S/C16H38N2O6P2/c1-5-9-13-21-25(19,22-14-10-6-2)17-18-26(20,23-15-11-7-3)24-16-12-8-4/h5-16H2,1-4H3,(H,17,19)(H,18,20). The van der Waals surface area contributed by atoms with Crippen LogP contribution in [0.15, 0.2) is 0 Å². The molecule has 0 heterocycles. The first kappa shape index (κ1) is 26.2. The molecule has 0 amide bonds. The molecule has 0 aromatic rings. The lowest BCUT2D eigenvalue weighted by atomic mass is 10.4. The molecule has 0 bridgehead atoms. The average molecular weight is 416 g/mol. The highest BCUT2D eigenvalue weighted by Crippen LogP contribution is 2.49. The summed E-state index contributed by atoms with van der Waals surface area (Å²) < 4.78 is 47.2. The molecule has 0 aromatic carbocycles. The van der Waals surface area contributed by atoms with E-state index < -0.39 is 15.5 Å². The van der Waals surface area contributed by atoms with Gasteiger partial charge in [0.25, 0.3) is 0 Å². The van der Waals surface area contributed by atoms with Gasteiger partial charge in [0, 0.05) is 0 Å². The minimum Gasteiger partial charge on any atom is -0.296 e. The van der Waals surface area contributed by atoms with Crippen LogP contribution in [-0.2, 0) is 27.2 Å². The molecule has 0 unspecified atom stereocenters. The summed E-state index contributed by atoms with van der Waals surface area (Å²) in [5.74, 6) is 0. The van der Waals surface area contributed by atoms with Gasteiger partial charge in [0.2, 0.25) is 0 Å². The van der Waals surface area contributed by atoms with E-state index in [0.29, 0.717) is 0 Å². The maximum atomic E-state index is 12.8. The van der Waals surface area contributed by atoms with Gasteiger partial charge >= 0.3 is 15.5 Å². The van der Waals surface area contributed by atoms with E-state index in [-0.39, 0.29) is 26.4 Å². The van der Waals surface area contributed by atoms with Crippen LogP contribution in [0, 0.1) is 0 Å². The van der Waals surface area contributed by atoms with Crippen LogP contribution in [0.5, 0.6) is 0 Å². The summed E-state index contributed by atoms with van der Waals surface area (Å²) in [5.41, 5.74) is 0. The fraction of sp³-hybridized carbons (Fsp3) is 1.00. The third kappa shape index (κ3) is 13.4. The van der Waals surface area contributed by atoms with Gasteiger partial charge in [-0.2, -0.15) is 0 Å². The minimum absolute atomic E-state index is 0.284. The van der Waals surface area contributed by atoms with Crippen molar-refractivity contribution >= 4 is 15.5 Å². The predicted octanol–water partition coefficient (Wildman–Crippen LogP) is 5.56. The Morgan fingerprint density at radius 2 is 0.769 bits per heavy atom. The van der Waals surface area contributed by atoms with Gasteiger partial charge in [-0.15, -0.1) is 10.4 Å². The van der Waals surface area contributed by atoms with E-state index >= 15 is 0 Å². The largest absolute Gasteiger partial charge is 0.419 e. The highest BCUT2D eigenvalue weighted by atomic mass is 31.2. The molecule has 2 N–H and O–H groups in total. The second kappa shape index (κ2) is 16.2. The van der Waals surface area contributed by atoms with E-state index in [2.05, 4.69) is 10.4 Å². The number of rotatable bonds is 19. The monoisotopic (exact) mass is 416 g/mol. The van der Waals surface area contributed by atoms with Gasteiger partial charge in [0.15, 0.2) is 0 Å². The molecule has 0 saturated heterocycles. The zero-order chi connectivity index (χ0) is 19.7. The minimum atomic E-state index is -3.65. The quantitative estimate of drug-likeness (QED) is 0.160. The molecule has 26 heavy (non-hydrogen) atoms. The van der Waals surface area contributed by atoms with Gasteiger partial charge in [-0.1, -0.05) is 53.4 Å². The zero-order valence-electron chi connectivity index (χ0n) is 16.8. The van der Waals surface area contributed by atoms with Crippen molar-refractivity contribution in [2.45, 2.75) is 79.1 Å². The third-order valence-electron chi connectivity index (χ3n) is 3.36. The molecule has 0 aromatic heterocycles. The molecular formula is C16H38N2O6P2. The maximum Gasteiger partial charge on any atom is 0.419 e. The number of hydrazine groups is 1. The lowest BCUT2D eigenvalue weighted by molar-refractivity contribution is 0.173. The molecule has 158 valence electrons. The first-order valence-corrected chi connectivity index (χ1v) is 12.9. The Balaban J connectivity index is 4.80. The fourth-order valence-electron chi connectivity index (χ4n) is 1.64. The van der Waals surface area contributed by atoms with Gasteiger partial charge < -0.3 is 0 Å². The van der Waals surface area contributed by atoms with Gasteiger partial charge in [0.05, 0.1) is 26.4 Å². The molecule has 0 aliphatic carbocycles. The van der Waals surface area contributed by atoms with E-state index in [1.165, 1.54) is 0 Å². The molecule has 10 heteroatoms. The lowest BCUT2D eigenvalue weighted by Gasteiger charge is -2.24. The molecule has 0 spiro atoms. The molecule has 8 nitrogen and oxygen atoms in total. The van der Waals surface area contributed by atoms with Gasteiger partial charge in [-0.05, 0) is 25.7 Å². The summed E-state index contributed by atoms with van der Waals surface area (Å²) in [7, 11) is -7.29. The third-order valence-corrected chi connectivity index (χ3v) is 6.40. The average Bonchev–Trinajstić information content (AvgIpc) is 2.61. The number of hydrogen-bond donors (Lipinski definition) is 2. The summed E-state index contributed by atoms with van der Waals surface area (Å²) >= 11 is 0. The zero-order valence-corrected chi connectivity index (χ0v) is 18.6. The van der Waals surface area contributed by atoms with E-state index in [1.807, 2.05) is 27.7 Å². The molecule has 0 fully saturated rings. The second-order valence-electron chi connectivity index (χ2n) is 5.97. The van der Waals surface area contributed by atoms with E-state index in [1.54, 1.807) is 0 Å². The highest BCUT2D eigenvalue weighted by molar-refractivity contribution is 7.55. The lowest BCUT2D eigenvalue weighted by Crippen LogP contribution is -2.30. The summed E-state index contributed by atoms with van der Waals surface area (Å²) in [4.78, 5) is 0. The Labute approximate surface area is 159 Å². The number of hydrogen-bond acceptors (Lipinski definition) is 6. The molecule has 0 aliphatic rings. The van der Waals surface area contributed by atoms with Crippen molar-refractivity contribution in [3.63, 3.8) is 0 Å². The first-order valence-electron chi connectivity index (χ1n) is 9.78. The van der Waals surface area contributed by atoms with Crippen LogP contribution in [0.2, 0.25) is 0 Å². The van der Waals surface area contributed by atoms with Crippen LogP contribution in [0.3, 0.4) is 0 Å². The Kier molecular flexibility index (Phi) is 16.3. The van der Waals surface area contributed by atoms with Crippen LogP contribution in [0.1, 0.15) is 79.1 Å². The molecule has 0 atom stereocenters. The van der Waals surface area contributed by atoms with Crippen LogP contribution < -0.4 is 10.4 Å². The van der Waals surface area contributed by atoms with E-state index in [0.717, 1.165) is 51.4 Å². The van der Waals surface area contributed by atoms with Crippen molar-refractivity contribution in [2.75, 3.05) is 26.4 Å². The smallest absolute Gasteiger partial charge is 0.296 e. The Morgan fingerprint density at radius 3 is 0.962 bits per heavy atom. The summed E-state index contributed by atoms with van der Waals surface area (Å²) in [5, 5.41) is 4.91. The molecule has 0 saturated carbocycles. The Morgan fingerprint density at radius 1 is 0.538 bits per heavy atom. The Bertz CT molecular complexity index is 360. The van der Waals surface area contributed by atoms with Crippen LogP contribution in [0.4, 0.5) is 0 Å². The highest BCUT2D eigenvalue weighted by Gasteiger charge is 2.31. The number of nitrogens with one attached hydrogen (secondary N) is 2. The van der Waals surface area contributed by atoms with Crippen LogP contribution in [-0.4, -0.2) is 26.4 Å². The summed E-state index contributed by atoms with van der Waals surface area (Å²) in [6.07, 6.45) is 6.62. The van der Waals surface area contributed by atoms with Crippen LogP contribution in [0.25, 0.3) is 0 Å². The number of unbranched alkanes of at least 4 members (excludes halogenated alkanes) is 4. The Hall–Kier alpha value is 0.220. The summed E-state index contributed by atoms with van der Waals surface area (Å²) in [6.45, 7) is 9.17. The van der Waals surface area contributed by atoms with Crippen molar-refractivity contribution in [2.24, 2.45) is 0 Å². The summed E-state index contributed by atoms with van der Waals surface area (Å²) in [6, 6.07) is 0. The SMILES string of the molecule is CCCCOP(=O)(NNP(=O)(OCCCC)OCCCC)OCCCC. The molecular weight excluding hydrogens is 378 g/mol. The molecule has 0 rings (SSSR count).